The van der Waals surface area contributed by atoms with E-state index < -0.39 is 0 Å². The van der Waals surface area contributed by atoms with Gasteiger partial charge in [-0.1, -0.05) is 67.4 Å². The number of aryl methyl sites for hydroxylation is 2. The van der Waals surface area contributed by atoms with Crippen LogP contribution in [0.5, 0.6) is 0 Å². The fourth-order valence-corrected chi connectivity index (χ4v) is 4.71. The Morgan fingerprint density at radius 2 is 1.89 bits per heavy atom. The number of imidazole rings is 1. The molecule has 182 valence electrons. The SMILES string of the molecule is CCCCc1cn(-c2c(C)cccc2Cl)c(=O)n1Cc1ccc(-c2cccnc2-c2nnn[nH]2)cc1. The van der Waals surface area contributed by atoms with Crippen LogP contribution in [0.25, 0.3) is 28.3 Å². The molecule has 0 atom stereocenters. The Hall–Kier alpha value is -4.04. The number of benzene rings is 2. The first kappa shape index (κ1) is 23.7. The molecule has 0 aliphatic rings. The van der Waals surface area contributed by atoms with Gasteiger partial charge >= 0.3 is 5.69 Å². The highest BCUT2D eigenvalue weighted by Crippen LogP contribution is 2.28. The third-order valence-corrected chi connectivity index (χ3v) is 6.57. The molecule has 0 fully saturated rings. The molecule has 0 aliphatic carbocycles. The van der Waals surface area contributed by atoms with Gasteiger partial charge in [0.25, 0.3) is 0 Å². The normalized spacial score (nSPS) is 11.2. The Morgan fingerprint density at radius 1 is 1.06 bits per heavy atom. The van der Waals surface area contributed by atoms with E-state index in [0.717, 1.165) is 52.9 Å². The topological polar surface area (TPSA) is 94.3 Å². The Morgan fingerprint density at radius 3 is 2.61 bits per heavy atom. The molecule has 5 aromatic rings. The standard InChI is InChI=1S/C27H26ClN7O/c1-3-4-8-21-17-35(25-18(2)7-5-10-23(25)28)27(36)34(21)16-19-11-13-20(14-12-19)22-9-6-15-29-24(22)26-30-32-33-31-26/h5-7,9-15,17H,3-4,8,16H2,1-2H3,(H,30,31,32,33). The highest BCUT2D eigenvalue weighted by atomic mass is 35.5. The zero-order chi connectivity index (χ0) is 25.1. The lowest BCUT2D eigenvalue weighted by atomic mass is 10.0. The van der Waals surface area contributed by atoms with Crippen LogP contribution in [0, 0.1) is 6.92 Å². The number of unbranched alkanes of at least 4 members (excludes halogenated alkanes) is 1. The molecule has 0 spiro atoms. The summed E-state index contributed by atoms with van der Waals surface area (Å²) in [6, 6.07) is 17.7. The molecule has 0 amide bonds. The van der Waals surface area contributed by atoms with E-state index in [1.807, 2.05) is 72.3 Å². The minimum atomic E-state index is -0.0891. The average molecular weight is 500 g/mol. The van der Waals surface area contributed by atoms with Crippen molar-refractivity contribution in [2.75, 3.05) is 0 Å². The number of halogens is 1. The van der Waals surface area contributed by atoms with Gasteiger partial charge in [0.05, 0.1) is 17.3 Å². The van der Waals surface area contributed by atoms with Crippen LogP contribution >= 0.6 is 11.6 Å². The van der Waals surface area contributed by atoms with Crippen LogP contribution in [0.4, 0.5) is 0 Å². The number of pyridine rings is 1. The van der Waals surface area contributed by atoms with Crippen molar-refractivity contribution in [1.82, 2.24) is 34.7 Å². The van der Waals surface area contributed by atoms with Gasteiger partial charge in [-0.15, -0.1) is 5.10 Å². The number of aromatic nitrogens is 7. The van der Waals surface area contributed by atoms with Crippen LogP contribution < -0.4 is 5.69 Å². The molecule has 0 saturated heterocycles. The monoisotopic (exact) mass is 499 g/mol. The van der Waals surface area contributed by atoms with Crippen LogP contribution in [0.1, 0.15) is 36.6 Å². The molecule has 9 heteroatoms. The first-order valence-corrected chi connectivity index (χ1v) is 12.3. The van der Waals surface area contributed by atoms with Crippen molar-refractivity contribution in [3.05, 3.63) is 99.3 Å². The van der Waals surface area contributed by atoms with Gasteiger partial charge in [0, 0.05) is 23.7 Å². The lowest BCUT2D eigenvalue weighted by Gasteiger charge is -2.10. The summed E-state index contributed by atoms with van der Waals surface area (Å²) in [5.74, 6) is 0.512. The van der Waals surface area contributed by atoms with Gasteiger partial charge in [-0.3, -0.25) is 14.1 Å². The number of tetrazole rings is 1. The fourth-order valence-electron chi connectivity index (χ4n) is 4.40. The quantitative estimate of drug-likeness (QED) is 0.315. The van der Waals surface area contributed by atoms with Crippen LogP contribution in [-0.2, 0) is 13.0 Å². The summed E-state index contributed by atoms with van der Waals surface area (Å²) in [7, 11) is 0. The largest absolute Gasteiger partial charge is 0.333 e. The first-order valence-electron chi connectivity index (χ1n) is 11.9. The average Bonchev–Trinajstić information content (AvgIpc) is 3.53. The van der Waals surface area contributed by atoms with E-state index in [0.29, 0.717) is 23.1 Å². The third kappa shape index (κ3) is 4.59. The molecule has 0 radical (unpaired) electrons. The number of hydrogen-bond acceptors (Lipinski definition) is 5. The Bertz CT molecular complexity index is 1520. The number of rotatable bonds is 8. The van der Waals surface area contributed by atoms with Gasteiger partial charge < -0.3 is 0 Å². The maximum absolute atomic E-state index is 13.6. The highest BCUT2D eigenvalue weighted by molar-refractivity contribution is 6.32. The Balaban J connectivity index is 1.49. The van der Waals surface area contributed by atoms with Crippen molar-refractivity contribution in [2.24, 2.45) is 0 Å². The summed E-state index contributed by atoms with van der Waals surface area (Å²) in [5, 5.41) is 14.7. The summed E-state index contributed by atoms with van der Waals surface area (Å²) in [6.07, 6.45) is 6.53. The van der Waals surface area contributed by atoms with Gasteiger partial charge in [-0.05, 0) is 59.0 Å². The summed E-state index contributed by atoms with van der Waals surface area (Å²) < 4.78 is 3.54. The number of para-hydroxylation sites is 1. The van der Waals surface area contributed by atoms with Gasteiger partial charge in [-0.2, -0.15) is 0 Å². The molecule has 3 aromatic heterocycles. The van der Waals surface area contributed by atoms with Crippen LogP contribution in [0.15, 0.2) is 71.8 Å². The Kier molecular flexibility index (Phi) is 6.77. The van der Waals surface area contributed by atoms with Gasteiger partial charge in [-0.25, -0.2) is 9.89 Å². The zero-order valence-corrected chi connectivity index (χ0v) is 20.9. The zero-order valence-electron chi connectivity index (χ0n) is 20.1. The predicted molar refractivity (Wildman–Crippen MR) is 140 cm³/mol. The van der Waals surface area contributed by atoms with Crippen molar-refractivity contribution in [3.8, 4) is 28.3 Å². The lowest BCUT2D eigenvalue weighted by Crippen LogP contribution is -2.25. The molecule has 5 rings (SSSR count). The smallest absolute Gasteiger partial charge is 0.292 e. The summed E-state index contributed by atoms with van der Waals surface area (Å²) in [6.45, 7) is 4.59. The second kappa shape index (κ2) is 10.3. The molecule has 0 bridgehead atoms. The van der Waals surface area contributed by atoms with E-state index in [9.17, 15) is 4.79 Å². The highest BCUT2D eigenvalue weighted by Gasteiger charge is 2.17. The molecule has 3 heterocycles. The van der Waals surface area contributed by atoms with Crippen LogP contribution in [-0.4, -0.2) is 34.7 Å². The van der Waals surface area contributed by atoms with Crippen LogP contribution in [0.3, 0.4) is 0 Å². The molecule has 8 nitrogen and oxygen atoms in total. The molecule has 0 unspecified atom stereocenters. The summed E-state index contributed by atoms with van der Waals surface area (Å²) >= 11 is 6.50. The second-order valence-corrected chi connectivity index (χ2v) is 9.12. The van der Waals surface area contributed by atoms with Gasteiger partial charge in [0.15, 0.2) is 5.82 Å². The second-order valence-electron chi connectivity index (χ2n) is 8.71. The van der Waals surface area contributed by atoms with Crippen molar-refractivity contribution in [1.29, 1.82) is 0 Å². The minimum absolute atomic E-state index is 0.0891. The maximum Gasteiger partial charge on any atom is 0.333 e. The van der Waals surface area contributed by atoms with E-state index in [2.05, 4.69) is 32.5 Å². The van der Waals surface area contributed by atoms with E-state index in [-0.39, 0.29) is 5.69 Å². The molecule has 2 aromatic carbocycles. The number of hydrogen-bond donors (Lipinski definition) is 1. The summed E-state index contributed by atoms with van der Waals surface area (Å²) in [4.78, 5) is 18.0. The van der Waals surface area contributed by atoms with Crippen molar-refractivity contribution < 1.29 is 0 Å². The van der Waals surface area contributed by atoms with E-state index in [4.69, 9.17) is 11.6 Å². The van der Waals surface area contributed by atoms with Crippen molar-refractivity contribution in [3.63, 3.8) is 0 Å². The summed E-state index contributed by atoms with van der Waals surface area (Å²) in [5.41, 5.74) is 6.22. The van der Waals surface area contributed by atoms with E-state index >= 15 is 0 Å². The lowest BCUT2D eigenvalue weighted by molar-refractivity contribution is 0.674. The molecular formula is C27H26ClN7O. The van der Waals surface area contributed by atoms with E-state index in [1.54, 1.807) is 10.8 Å². The number of aromatic amines is 1. The maximum atomic E-state index is 13.6. The number of H-pyrrole nitrogens is 1. The minimum Gasteiger partial charge on any atom is -0.292 e. The third-order valence-electron chi connectivity index (χ3n) is 6.26. The molecular weight excluding hydrogens is 474 g/mol. The van der Waals surface area contributed by atoms with Gasteiger partial charge in [0.1, 0.15) is 5.69 Å². The Labute approximate surface area is 213 Å². The van der Waals surface area contributed by atoms with Crippen LogP contribution in [0.2, 0.25) is 5.02 Å². The first-order chi connectivity index (χ1) is 17.6. The van der Waals surface area contributed by atoms with E-state index in [1.165, 1.54) is 0 Å². The molecule has 36 heavy (non-hydrogen) atoms. The molecule has 0 saturated carbocycles. The number of nitrogens with zero attached hydrogens (tertiary/aromatic N) is 6. The van der Waals surface area contributed by atoms with Gasteiger partial charge in [0.2, 0.25) is 0 Å². The molecule has 1 N–H and O–H groups in total. The van der Waals surface area contributed by atoms with Crippen molar-refractivity contribution >= 4 is 11.6 Å². The predicted octanol–water partition coefficient (Wildman–Crippen LogP) is 5.23. The van der Waals surface area contributed by atoms with Crippen molar-refractivity contribution in [2.45, 2.75) is 39.7 Å². The number of nitrogens with one attached hydrogen (secondary N) is 1. The fraction of sp³-hybridized carbons (Fsp3) is 0.222. The molecule has 0 aliphatic heterocycles.